The van der Waals surface area contributed by atoms with E-state index in [-0.39, 0.29) is 0 Å². The molecule has 0 amide bonds. The summed E-state index contributed by atoms with van der Waals surface area (Å²) in [6, 6.07) is 8.71. The first-order chi connectivity index (χ1) is 13.1. The van der Waals surface area contributed by atoms with Crippen LogP contribution in [0.1, 0.15) is 71.1 Å². The number of carboxylic acids is 1. The maximum absolute atomic E-state index is 11.0. The molecule has 0 aliphatic rings. The van der Waals surface area contributed by atoms with Gasteiger partial charge in [-0.15, -0.1) is 0 Å². The fourth-order valence-corrected chi connectivity index (χ4v) is 2.38. The van der Waals surface area contributed by atoms with Gasteiger partial charge >= 0.3 is 11.9 Å². The Labute approximate surface area is 163 Å². The van der Waals surface area contributed by atoms with Crippen molar-refractivity contribution in [3.8, 4) is 5.75 Å². The number of rotatable bonds is 13. The number of unbranched alkanes of at least 4 members (excludes halogenated alkanes) is 9. The number of para-hydroxylation sites is 1. The van der Waals surface area contributed by atoms with E-state index in [0.717, 1.165) is 25.0 Å². The number of phenolic OH excluding ortho intramolecular Hbond substituents is 1. The van der Waals surface area contributed by atoms with E-state index in [9.17, 15) is 9.59 Å². The molecule has 5 heteroatoms. The molecule has 152 valence electrons. The molecule has 0 aliphatic heterocycles. The molecule has 1 rings (SSSR count). The van der Waals surface area contributed by atoms with Gasteiger partial charge in [-0.25, -0.2) is 9.59 Å². The number of hydrogen-bond donors (Lipinski definition) is 2. The molecule has 0 saturated carbocycles. The van der Waals surface area contributed by atoms with Crippen molar-refractivity contribution >= 4 is 11.9 Å². The Morgan fingerprint density at radius 3 is 1.81 bits per heavy atom. The quantitative estimate of drug-likeness (QED) is 0.270. The summed E-state index contributed by atoms with van der Waals surface area (Å²) < 4.78 is 4.88. The van der Waals surface area contributed by atoms with Gasteiger partial charge in [0.2, 0.25) is 0 Å². The van der Waals surface area contributed by atoms with Gasteiger partial charge in [-0.3, -0.25) is 0 Å². The summed E-state index contributed by atoms with van der Waals surface area (Å²) in [7, 11) is 0. The molecule has 1 aromatic rings. The Morgan fingerprint density at radius 2 is 1.37 bits per heavy atom. The second-order valence-electron chi connectivity index (χ2n) is 6.36. The molecule has 27 heavy (non-hydrogen) atoms. The van der Waals surface area contributed by atoms with Gasteiger partial charge in [-0.1, -0.05) is 82.9 Å². The van der Waals surface area contributed by atoms with E-state index < -0.39 is 11.9 Å². The van der Waals surface area contributed by atoms with Crippen molar-refractivity contribution in [1.82, 2.24) is 0 Å². The van der Waals surface area contributed by atoms with Crippen molar-refractivity contribution in [2.45, 2.75) is 71.1 Å². The van der Waals surface area contributed by atoms with Gasteiger partial charge in [0.05, 0.1) is 6.61 Å². The summed E-state index contributed by atoms with van der Waals surface area (Å²) in [5.41, 5.74) is 0. The minimum absolute atomic E-state index is 0.322. The molecule has 0 heterocycles. The van der Waals surface area contributed by atoms with Crippen molar-refractivity contribution < 1.29 is 24.5 Å². The Balaban J connectivity index is 0.000000797. The predicted molar refractivity (Wildman–Crippen MR) is 108 cm³/mol. The van der Waals surface area contributed by atoms with Gasteiger partial charge in [-0.05, 0) is 18.6 Å². The molecule has 0 unspecified atom stereocenters. The number of carbonyl (C=O) groups excluding carboxylic acids is 1. The second kappa shape index (κ2) is 18.5. The highest BCUT2D eigenvalue weighted by molar-refractivity contribution is 5.90. The molecule has 0 aromatic heterocycles. The molecule has 0 fully saturated rings. The van der Waals surface area contributed by atoms with Gasteiger partial charge in [-0.2, -0.15) is 0 Å². The topological polar surface area (TPSA) is 83.8 Å². The highest BCUT2D eigenvalue weighted by Crippen LogP contribution is 2.10. The molecule has 2 N–H and O–H groups in total. The van der Waals surface area contributed by atoms with Gasteiger partial charge in [0, 0.05) is 12.2 Å². The molecule has 0 bridgehead atoms. The number of benzene rings is 1. The maximum atomic E-state index is 11.0. The Bertz CT molecular complexity index is 511. The van der Waals surface area contributed by atoms with Crippen molar-refractivity contribution in [2.24, 2.45) is 0 Å². The van der Waals surface area contributed by atoms with Crippen molar-refractivity contribution in [1.29, 1.82) is 0 Å². The third kappa shape index (κ3) is 19.9. The van der Waals surface area contributed by atoms with E-state index in [1.165, 1.54) is 51.4 Å². The molecule has 0 aliphatic carbocycles. The van der Waals surface area contributed by atoms with Gasteiger partial charge in [0.25, 0.3) is 0 Å². The summed E-state index contributed by atoms with van der Waals surface area (Å²) in [5, 5.41) is 17.0. The summed E-state index contributed by atoms with van der Waals surface area (Å²) in [6.07, 6.45) is 14.0. The van der Waals surface area contributed by atoms with Gasteiger partial charge in [0.1, 0.15) is 5.75 Å². The van der Waals surface area contributed by atoms with Crippen LogP contribution in [0.5, 0.6) is 5.75 Å². The lowest BCUT2D eigenvalue weighted by Crippen LogP contribution is -2.03. The lowest BCUT2D eigenvalue weighted by Gasteiger charge is -2.03. The average molecular weight is 379 g/mol. The fraction of sp³-hybridized carbons (Fsp3) is 0.545. The van der Waals surface area contributed by atoms with Crippen molar-refractivity contribution in [3.05, 3.63) is 42.5 Å². The third-order valence-corrected chi connectivity index (χ3v) is 3.86. The van der Waals surface area contributed by atoms with Crippen LogP contribution in [0, 0.1) is 0 Å². The number of aromatic hydroxyl groups is 1. The number of phenols is 1. The molecule has 0 radical (unpaired) electrons. The van der Waals surface area contributed by atoms with E-state index in [1.807, 2.05) is 6.07 Å². The molecular formula is C22H34O5. The van der Waals surface area contributed by atoms with Gasteiger partial charge in [0.15, 0.2) is 0 Å². The number of aliphatic carboxylic acids is 1. The van der Waals surface area contributed by atoms with Gasteiger partial charge < -0.3 is 14.9 Å². The zero-order chi connectivity index (χ0) is 20.2. The molecule has 0 atom stereocenters. The number of ether oxygens (including phenoxy) is 1. The van der Waals surface area contributed by atoms with Crippen LogP contribution in [0.4, 0.5) is 0 Å². The molecule has 0 saturated heterocycles. The minimum atomic E-state index is -1.14. The smallest absolute Gasteiger partial charge is 0.331 e. The summed E-state index contributed by atoms with van der Waals surface area (Å²) in [4.78, 5) is 21.2. The third-order valence-electron chi connectivity index (χ3n) is 3.86. The average Bonchev–Trinajstić information content (AvgIpc) is 2.65. The number of hydrogen-bond acceptors (Lipinski definition) is 4. The van der Waals surface area contributed by atoms with E-state index >= 15 is 0 Å². The number of carboxylic acid groups (broad SMARTS) is 1. The Kier molecular flexibility index (Phi) is 16.9. The Morgan fingerprint density at radius 1 is 0.852 bits per heavy atom. The van der Waals surface area contributed by atoms with Crippen LogP contribution >= 0.6 is 0 Å². The van der Waals surface area contributed by atoms with E-state index in [0.29, 0.717) is 12.4 Å². The van der Waals surface area contributed by atoms with Crippen LogP contribution in [0.25, 0.3) is 0 Å². The number of esters is 1. The highest BCUT2D eigenvalue weighted by atomic mass is 16.5. The van der Waals surface area contributed by atoms with E-state index in [1.54, 1.807) is 24.3 Å². The lowest BCUT2D eigenvalue weighted by molar-refractivity contribution is -0.138. The summed E-state index contributed by atoms with van der Waals surface area (Å²) in [5.74, 6) is -1.40. The van der Waals surface area contributed by atoms with Crippen LogP contribution in [-0.2, 0) is 14.3 Å². The molecule has 5 nitrogen and oxygen atoms in total. The highest BCUT2D eigenvalue weighted by Gasteiger charge is 1.98. The standard InChI is InChI=1S/C16H28O4.C6H6O/c1-2-3-4-5-6-7-8-9-10-11-14-20-16(19)13-12-15(17)18;7-6-4-2-1-3-5-6/h12-13H,2-11,14H2,1H3,(H,17,18);1-5,7H/b13-12+;. The number of carbonyl (C=O) groups is 2. The first-order valence-corrected chi connectivity index (χ1v) is 9.88. The molecule has 0 spiro atoms. The van der Waals surface area contributed by atoms with Crippen LogP contribution in [0.3, 0.4) is 0 Å². The maximum Gasteiger partial charge on any atom is 0.331 e. The zero-order valence-electron chi connectivity index (χ0n) is 16.4. The van der Waals surface area contributed by atoms with E-state index in [2.05, 4.69) is 6.92 Å². The monoisotopic (exact) mass is 378 g/mol. The molecular weight excluding hydrogens is 344 g/mol. The zero-order valence-corrected chi connectivity index (χ0v) is 16.4. The van der Waals surface area contributed by atoms with Crippen LogP contribution in [0.15, 0.2) is 42.5 Å². The van der Waals surface area contributed by atoms with Crippen molar-refractivity contribution in [3.63, 3.8) is 0 Å². The largest absolute Gasteiger partial charge is 0.508 e. The summed E-state index contributed by atoms with van der Waals surface area (Å²) >= 11 is 0. The van der Waals surface area contributed by atoms with Crippen LogP contribution in [0.2, 0.25) is 0 Å². The summed E-state index contributed by atoms with van der Waals surface area (Å²) in [6.45, 7) is 2.60. The predicted octanol–water partition coefficient (Wildman–Crippen LogP) is 5.48. The van der Waals surface area contributed by atoms with Crippen molar-refractivity contribution in [2.75, 3.05) is 6.61 Å². The fourth-order valence-electron chi connectivity index (χ4n) is 2.38. The lowest BCUT2D eigenvalue weighted by atomic mass is 10.1. The molecule has 1 aromatic carbocycles. The minimum Gasteiger partial charge on any atom is -0.508 e. The Hall–Kier alpha value is -2.30. The van der Waals surface area contributed by atoms with E-state index in [4.69, 9.17) is 14.9 Å². The first-order valence-electron chi connectivity index (χ1n) is 9.88. The SMILES string of the molecule is CCCCCCCCCCCCOC(=O)/C=C/C(=O)O.Oc1ccccc1. The second-order valence-corrected chi connectivity index (χ2v) is 6.36. The normalized spacial score (nSPS) is 10.3. The van der Waals surface area contributed by atoms with Crippen LogP contribution < -0.4 is 0 Å². The van der Waals surface area contributed by atoms with Crippen LogP contribution in [-0.4, -0.2) is 28.8 Å². The first kappa shape index (κ1) is 24.7.